The minimum absolute atomic E-state index is 0.101. The highest BCUT2D eigenvalue weighted by Gasteiger charge is 2.28. The molecule has 6 heterocycles. The number of nitrogens with zero attached hydrogens (tertiary/aromatic N) is 5. The maximum absolute atomic E-state index is 13.0. The first-order valence-corrected chi connectivity index (χ1v) is 15.2. The second-order valence-electron chi connectivity index (χ2n) is 10.4. The Morgan fingerprint density at radius 1 is 1.07 bits per heavy atom. The average molecular weight is 572 g/mol. The summed E-state index contributed by atoms with van der Waals surface area (Å²) in [6, 6.07) is 8.23. The molecule has 0 unspecified atom stereocenters. The van der Waals surface area contributed by atoms with Crippen molar-refractivity contribution in [3.05, 3.63) is 65.2 Å². The molecule has 0 saturated carbocycles. The number of fused-ring (bicyclic) bond motifs is 2. The quantitative estimate of drug-likeness (QED) is 0.278. The maximum atomic E-state index is 13.0. The van der Waals surface area contributed by atoms with E-state index in [4.69, 9.17) is 14.7 Å². The fraction of sp³-hybridized carbons (Fsp3) is 0.455. The second kappa shape index (κ2) is 14.4. The number of amides is 1. The van der Waals surface area contributed by atoms with Gasteiger partial charge in [0.1, 0.15) is 11.5 Å². The molecule has 6 rings (SSSR count). The van der Waals surface area contributed by atoms with Crippen LogP contribution in [0.4, 0.5) is 11.5 Å². The van der Waals surface area contributed by atoms with E-state index in [1.165, 1.54) is 5.56 Å². The lowest BCUT2D eigenvalue weighted by molar-refractivity contribution is 0.0850. The number of anilines is 2. The van der Waals surface area contributed by atoms with E-state index in [-0.39, 0.29) is 5.91 Å². The van der Waals surface area contributed by atoms with Crippen LogP contribution in [0.15, 0.2) is 42.9 Å². The molecule has 4 aromatic heterocycles. The normalized spacial score (nSPS) is 14.5. The first kappa shape index (κ1) is 31.1. The van der Waals surface area contributed by atoms with Gasteiger partial charge in [-0.1, -0.05) is 33.8 Å². The lowest BCUT2D eigenvalue weighted by Crippen LogP contribution is -2.20. The van der Waals surface area contributed by atoms with Gasteiger partial charge in [0, 0.05) is 74.4 Å². The summed E-state index contributed by atoms with van der Waals surface area (Å²) in [7, 11) is 6.14. The topological polar surface area (TPSA) is 97.2 Å². The fourth-order valence-corrected chi connectivity index (χ4v) is 5.57. The molecule has 0 radical (unpaired) electrons. The van der Waals surface area contributed by atoms with Crippen LogP contribution in [0.1, 0.15) is 73.6 Å². The molecule has 9 heteroatoms. The van der Waals surface area contributed by atoms with Crippen molar-refractivity contribution >= 4 is 28.4 Å². The minimum atomic E-state index is -0.101. The Hall–Kier alpha value is -3.82. The van der Waals surface area contributed by atoms with Crippen LogP contribution >= 0.6 is 0 Å². The van der Waals surface area contributed by atoms with Gasteiger partial charge in [-0.3, -0.25) is 9.78 Å². The van der Waals surface area contributed by atoms with Crippen LogP contribution in [0.5, 0.6) is 0 Å². The number of aryl methyl sites for hydroxylation is 1. The molecule has 4 aromatic rings. The van der Waals surface area contributed by atoms with E-state index in [1.807, 2.05) is 63.7 Å². The Kier molecular flexibility index (Phi) is 10.7. The smallest absolute Gasteiger partial charge is 0.254 e. The van der Waals surface area contributed by atoms with E-state index in [2.05, 4.69) is 40.7 Å². The number of rotatable bonds is 7. The fourth-order valence-electron chi connectivity index (χ4n) is 5.57. The molecular weight excluding hydrogens is 526 g/mol. The lowest BCUT2D eigenvalue weighted by atomic mass is 9.89. The molecule has 2 aliphatic heterocycles. The number of hydrogen-bond acceptors (Lipinski definition) is 7. The summed E-state index contributed by atoms with van der Waals surface area (Å²) in [6.45, 7) is 10.9. The van der Waals surface area contributed by atoms with Gasteiger partial charge in [-0.15, -0.1) is 0 Å². The first-order valence-electron chi connectivity index (χ1n) is 15.2. The zero-order valence-corrected chi connectivity index (χ0v) is 26.1. The summed E-state index contributed by atoms with van der Waals surface area (Å²) >= 11 is 0. The van der Waals surface area contributed by atoms with Gasteiger partial charge in [0.25, 0.3) is 5.91 Å². The van der Waals surface area contributed by atoms with Crippen LogP contribution in [-0.2, 0) is 24.8 Å². The molecule has 224 valence electrons. The summed E-state index contributed by atoms with van der Waals surface area (Å²) in [4.78, 5) is 29.6. The predicted molar refractivity (Wildman–Crippen MR) is 170 cm³/mol. The number of pyridine rings is 3. The number of likely N-dealkylation sites (N-methyl/N-ethyl adjacent to an activating group) is 1. The van der Waals surface area contributed by atoms with Crippen LogP contribution in [0.25, 0.3) is 22.3 Å². The van der Waals surface area contributed by atoms with Crippen molar-refractivity contribution in [3.8, 4) is 11.3 Å². The number of aromatic nitrogens is 4. The summed E-state index contributed by atoms with van der Waals surface area (Å²) in [6.07, 6.45) is 8.44. The Bertz CT molecular complexity index is 1510. The van der Waals surface area contributed by atoms with Gasteiger partial charge < -0.3 is 24.8 Å². The maximum Gasteiger partial charge on any atom is 0.254 e. The number of nitrogens with one attached hydrogen (secondary N) is 2. The van der Waals surface area contributed by atoms with Gasteiger partial charge >= 0.3 is 0 Å². The summed E-state index contributed by atoms with van der Waals surface area (Å²) < 4.78 is 7.58. The number of carbonyl (C=O) groups is 1. The molecule has 9 nitrogen and oxygen atoms in total. The van der Waals surface area contributed by atoms with Gasteiger partial charge in [-0.05, 0) is 56.6 Å². The zero-order chi connectivity index (χ0) is 30.2. The highest BCUT2D eigenvalue weighted by atomic mass is 16.5. The molecule has 1 fully saturated rings. The van der Waals surface area contributed by atoms with Crippen molar-refractivity contribution in [1.82, 2.24) is 29.7 Å². The van der Waals surface area contributed by atoms with E-state index in [0.29, 0.717) is 23.7 Å². The minimum Gasteiger partial charge on any atom is -0.381 e. The molecule has 0 aliphatic carbocycles. The molecule has 0 spiro atoms. The molecule has 0 aromatic carbocycles. The Morgan fingerprint density at radius 3 is 2.57 bits per heavy atom. The van der Waals surface area contributed by atoms with E-state index >= 15 is 0 Å². The Morgan fingerprint density at radius 2 is 1.83 bits per heavy atom. The molecular formula is C33H45N7O2. The van der Waals surface area contributed by atoms with Crippen molar-refractivity contribution < 1.29 is 9.53 Å². The third-order valence-corrected chi connectivity index (χ3v) is 7.58. The van der Waals surface area contributed by atoms with Crippen LogP contribution in [0.2, 0.25) is 0 Å². The van der Waals surface area contributed by atoms with E-state index in [1.54, 1.807) is 12.4 Å². The number of hydrogen-bond donors (Lipinski definition) is 2. The summed E-state index contributed by atoms with van der Waals surface area (Å²) in [5.41, 5.74) is 7.26. The van der Waals surface area contributed by atoms with Gasteiger partial charge in [-0.25, -0.2) is 9.97 Å². The van der Waals surface area contributed by atoms with Crippen LogP contribution < -0.4 is 10.6 Å². The largest absolute Gasteiger partial charge is 0.381 e. The monoisotopic (exact) mass is 571 g/mol. The van der Waals surface area contributed by atoms with Gasteiger partial charge in [0.05, 0.1) is 23.1 Å². The predicted octanol–water partition coefficient (Wildman–Crippen LogP) is 6.07. The van der Waals surface area contributed by atoms with Crippen molar-refractivity contribution in [2.24, 2.45) is 7.05 Å². The summed E-state index contributed by atoms with van der Waals surface area (Å²) in [5.74, 6) is 1.09. The van der Waals surface area contributed by atoms with Crippen molar-refractivity contribution in [2.75, 3.05) is 39.2 Å². The standard InChI is InChI=1S/C29H33N7O2.2C2H6/c1-35(2)12-8-23-19(18-9-14-38-15-10-18)4-5-25(33-23)34-24-17-31-27(22-16-32-29(37)26(22)24)20-6-11-30-28-21(20)7-13-36(28)3;2*1-2/h4-7,11,13,17-18H,8-10,12,14-16H2,1-3H3,(H,32,37)(H,33,34);2*1-2H3. The van der Waals surface area contributed by atoms with Crippen LogP contribution in [0, 0.1) is 0 Å². The van der Waals surface area contributed by atoms with Crippen molar-refractivity contribution in [2.45, 2.75) is 59.4 Å². The zero-order valence-electron chi connectivity index (χ0n) is 26.1. The lowest BCUT2D eigenvalue weighted by Gasteiger charge is -2.25. The molecule has 2 N–H and O–H groups in total. The number of ether oxygens (including phenoxy) is 1. The average Bonchev–Trinajstić information content (AvgIpc) is 3.61. The molecule has 0 atom stereocenters. The second-order valence-corrected chi connectivity index (χ2v) is 10.4. The third kappa shape index (κ3) is 6.47. The molecule has 1 amide bonds. The van der Waals surface area contributed by atoms with E-state index < -0.39 is 0 Å². The van der Waals surface area contributed by atoms with Crippen LogP contribution in [-0.4, -0.2) is 64.2 Å². The van der Waals surface area contributed by atoms with Gasteiger partial charge in [-0.2, -0.15) is 0 Å². The highest BCUT2D eigenvalue weighted by molar-refractivity contribution is 6.06. The van der Waals surface area contributed by atoms with Crippen LogP contribution in [0.3, 0.4) is 0 Å². The van der Waals surface area contributed by atoms with Gasteiger partial charge in [0.2, 0.25) is 0 Å². The SMILES string of the molecule is CC.CC.CN(C)CCc1nc(Nc2cnc(-c3ccnc4c3ccn4C)c3c2C(=O)NC3)ccc1C1CCOCC1. The number of carbonyl (C=O) groups excluding carboxylic acids is 1. The third-order valence-electron chi connectivity index (χ3n) is 7.58. The molecule has 42 heavy (non-hydrogen) atoms. The van der Waals surface area contributed by atoms with Crippen molar-refractivity contribution in [1.29, 1.82) is 0 Å². The summed E-state index contributed by atoms with van der Waals surface area (Å²) in [5, 5.41) is 7.43. The van der Waals surface area contributed by atoms with Gasteiger partial charge in [0.15, 0.2) is 0 Å². The van der Waals surface area contributed by atoms with E-state index in [0.717, 1.165) is 78.4 Å². The Labute approximate surface area is 249 Å². The first-order chi connectivity index (χ1) is 20.5. The molecule has 0 bridgehead atoms. The molecule has 1 saturated heterocycles. The van der Waals surface area contributed by atoms with Crippen molar-refractivity contribution in [3.63, 3.8) is 0 Å². The van der Waals surface area contributed by atoms with E-state index in [9.17, 15) is 4.79 Å². The Balaban J connectivity index is 0.000000972. The highest BCUT2D eigenvalue weighted by Crippen LogP contribution is 2.36. The molecule has 2 aliphatic rings.